The molecule has 186 valence electrons. The molecule has 3 N–H and O–H groups in total. The van der Waals surface area contributed by atoms with E-state index in [1.807, 2.05) is 31.2 Å². The molecule has 0 unspecified atom stereocenters. The average molecular weight is 525 g/mol. The maximum Gasteiger partial charge on any atom is 0.416 e. The van der Waals surface area contributed by atoms with Crippen LogP contribution in [0, 0.1) is 12.8 Å². The Bertz CT molecular complexity index is 1190. The molecule has 3 aromatic rings. The predicted molar refractivity (Wildman–Crippen MR) is 132 cm³/mol. The lowest BCUT2D eigenvalue weighted by Gasteiger charge is -2.29. The van der Waals surface area contributed by atoms with Crippen LogP contribution in [-0.4, -0.2) is 28.7 Å². The molecular formula is C25H25Cl2F3N4O. The Morgan fingerprint density at radius 1 is 1.09 bits per heavy atom. The highest BCUT2D eigenvalue weighted by Crippen LogP contribution is 2.33. The van der Waals surface area contributed by atoms with E-state index >= 15 is 0 Å². The lowest BCUT2D eigenvalue weighted by atomic mass is 9.86. The molecule has 10 heteroatoms. The summed E-state index contributed by atoms with van der Waals surface area (Å²) in [6.07, 6.45) is -1.33. The van der Waals surface area contributed by atoms with Gasteiger partial charge in [-0.25, -0.2) is 0 Å². The summed E-state index contributed by atoms with van der Waals surface area (Å²) in [5.41, 5.74) is 1.92. The molecule has 0 bridgehead atoms. The van der Waals surface area contributed by atoms with E-state index in [-0.39, 0.29) is 16.6 Å². The van der Waals surface area contributed by atoms with E-state index in [1.165, 1.54) is 0 Å². The van der Waals surface area contributed by atoms with Gasteiger partial charge in [-0.15, -0.1) is 0 Å². The van der Waals surface area contributed by atoms with Crippen molar-refractivity contribution in [1.29, 1.82) is 0 Å². The fourth-order valence-corrected chi connectivity index (χ4v) is 4.75. The van der Waals surface area contributed by atoms with E-state index in [9.17, 15) is 18.0 Å². The SMILES string of the molecule is Cc1[nH]nc(NC[C@H]2CC[C@H](NC(=O)c3cc(C(F)(F)F)ccc3Cl)CC2)c1-c1ccc(Cl)cc1. The van der Waals surface area contributed by atoms with Crippen molar-refractivity contribution in [3.8, 4) is 11.1 Å². The number of nitrogens with one attached hydrogen (secondary N) is 3. The number of hydrogen-bond donors (Lipinski definition) is 3. The first-order chi connectivity index (χ1) is 16.6. The van der Waals surface area contributed by atoms with Crippen molar-refractivity contribution in [2.75, 3.05) is 11.9 Å². The summed E-state index contributed by atoms with van der Waals surface area (Å²) in [5, 5.41) is 14.4. The predicted octanol–water partition coefficient (Wildman–Crippen LogP) is 7.11. The maximum atomic E-state index is 13.0. The Kier molecular flexibility index (Phi) is 7.62. The Balaban J connectivity index is 1.31. The van der Waals surface area contributed by atoms with Crippen LogP contribution in [0.3, 0.4) is 0 Å². The second-order valence-electron chi connectivity index (χ2n) is 8.84. The molecule has 1 heterocycles. The van der Waals surface area contributed by atoms with Crippen molar-refractivity contribution in [2.45, 2.75) is 44.8 Å². The second kappa shape index (κ2) is 10.5. The van der Waals surface area contributed by atoms with Crippen molar-refractivity contribution in [3.05, 3.63) is 69.3 Å². The zero-order valence-corrected chi connectivity index (χ0v) is 20.5. The van der Waals surface area contributed by atoms with E-state index in [2.05, 4.69) is 20.8 Å². The highest BCUT2D eigenvalue weighted by molar-refractivity contribution is 6.33. The summed E-state index contributed by atoms with van der Waals surface area (Å²) in [7, 11) is 0. The number of alkyl halides is 3. The number of anilines is 1. The lowest BCUT2D eigenvalue weighted by Crippen LogP contribution is -2.38. The van der Waals surface area contributed by atoms with Crippen LogP contribution >= 0.6 is 23.2 Å². The van der Waals surface area contributed by atoms with Gasteiger partial charge in [0.2, 0.25) is 0 Å². The Morgan fingerprint density at radius 2 is 1.77 bits per heavy atom. The fourth-order valence-electron chi connectivity index (χ4n) is 4.42. The number of aromatic amines is 1. The summed E-state index contributed by atoms with van der Waals surface area (Å²) in [6.45, 7) is 2.69. The molecule has 4 rings (SSSR count). The van der Waals surface area contributed by atoms with E-state index < -0.39 is 17.6 Å². The zero-order valence-electron chi connectivity index (χ0n) is 19.0. The Morgan fingerprint density at radius 3 is 2.43 bits per heavy atom. The third-order valence-corrected chi connectivity index (χ3v) is 6.94. The molecule has 1 aliphatic carbocycles. The van der Waals surface area contributed by atoms with Gasteiger partial charge in [0.05, 0.1) is 16.1 Å². The van der Waals surface area contributed by atoms with Gasteiger partial charge in [-0.1, -0.05) is 35.3 Å². The molecule has 0 atom stereocenters. The second-order valence-corrected chi connectivity index (χ2v) is 9.69. The van der Waals surface area contributed by atoms with E-state index in [0.717, 1.165) is 73.1 Å². The Labute approximate surface area is 211 Å². The third kappa shape index (κ3) is 6.11. The van der Waals surface area contributed by atoms with Crippen molar-refractivity contribution >= 4 is 34.9 Å². The smallest absolute Gasteiger partial charge is 0.368 e. The third-order valence-electron chi connectivity index (χ3n) is 6.36. The van der Waals surface area contributed by atoms with Gasteiger partial charge in [0.15, 0.2) is 5.82 Å². The van der Waals surface area contributed by atoms with Crippen LogP contribution < -0.4 is 10.6 Å². The van der Waals surface area contributed by atoms with Gasteiger partial charge in [-0.3, -0.25) is 9.89 Å². The molecule has 1 aromatic heterocycles. The van der Waals surface area contributed by atoms with Crippen molar-refractivity contribution < 1.29 is 18.0 Å². The summed E-state index contributed by atoms with van der Waals surface area (Å²) >= 11 is 12.0. The summed E-state index contributed by atoms with van der Waals surface area (Å²) in [5.74, 6) is 0.581. The number of rotatable bonds is 6. The largest absolute Gasteiger partial charge is 0.416 e. The summed E-state index contributed by atoms with van der Waals surface area (Å²) in [6, 6.07) is 10.3. The molecule has 35 heavy (non-hydrogen) atoms. The van der Waals surface area contributed by atoms with E-state index in [0.29, 0.717) is 10.9 Å². The van der Waals surface area contributed by atoms with Crippen molar-refractivity contribution in [1.82, 2.24) is 15.5 Å². The number of aromatic nitrogens is 2. The van der Waals surface area contributed by atoms with Crippen LogP contribution in [-0.2, 0) is 6.18 Å². The van der Waals surface area contributed by atoms with Gasteiger partial charge in [-0.05, 0) is 74.4 Å². The molecule has 1 fully saturated rings. The number of H-pyrrole nitrogens is 1. The minimum atomic E-state index is -4.54. The molecule has 1 aliphatic rings. The molecule has 0 spiro atoms. The number of carbonyl (C=O) groups excluding carboxylic acids is 1. The number of benzene rings is 2. The molecule has 1 amide bonds. The van der Waals surface area contributed by atoms with Gasteiger partial charge in [-0.2, -0.15) is 18.3 Å². The van der Waals surface area contributed by atoms with Gasteiger partial charge >= 0.3 is 6.18 Å². The molecule has 5 nitrogen and oxygen atoms in total. The molecule has 1 saturated carbocycles. The van der Waals surface area contributed by atoms with Gasteiger partial charge in [0.25, 0.3) is 5.91 Å². The first kappa shape index (κ1) is 25.4. The van der Waals surface area contributed by atoms with Crippen LogP contribution in [0.2, 0.25) is 10.0 Å². The zero-order chi connectivity index (χ0) is 25.2. The highest BCUT2D eigenvalue weighted by Gasteiger charge is 2.32. The van der Waals surface area contributed by atoms with Crippen LogP contribution in [0.4, 0.5) is 19.0 Å². The van der Waals surface area contributed by atoms with Gasteiger partial charge in [0, 0.05) is 28.9 Å². The number of hydrogen-bond acceptors (Lipinski definition) is 3. The van der Waals surface area contributed by atoms with Gasteiger partial charge in [0.1, 0.15) is 0 Å². The summed E-state index contributed by atoms with van der Waals surface area (Å²) < 4.78 is 39.0. The normalized spacial score (nSPS) is 18.3. The number of amides is 1. The van der Waals surface area contributed by atoms with Gasteiger partial charge < -0.3 is 10.6 Å². The van der Waals surface area contributed by atoms with Crippen molar-refractivity contribution in [2.24, 2.45) is 5.92 Å². The first-order valence-electron chi connectivity index (χ1n) is 11.3. The van der Waals surface area contributed by atoms with Crippen LogP contribution in [0.5, 0.6) is 0 Å². The topological polar surface area (TPSA) is 69.8 Å². The standard InChI is InChI=1S/C25H25Cl2F3N4O/c1-14-22(16-4-7-18(26)8-5-16)23(34-33-14)31-13-15-2-9-19(10-3-15)32-24(35)20-12-17(25(28,29)30)6-11-21(20)27/h4-8,11-12,15,19H,2-3,9-10,13H2,1H3,(H,32,35)(H2,31,33,34)/t15-,19-. The molecule has 2 aromatic carbocycles. The number of aryl methyl sites for hydroxylation is 1. The minimum absolute atomic E-state index is 0.000765. The number of halogens is 5. The minimum Gasteiger partial charge on any atom is -0.368 e. The van der Waals surface area contributed by atoms with Crippen LogP contribution in [0.1, 0.15) is 47.3 Å². The molecule has 0 radical (unpaired) electrons. The fraction of sp³-hybridized carbons (Fsp3) is 0.360. The lowest BCUT2D eigenvalue weighted by molar-refractivity contribution is -0.137. The van der Waals surface area contributed by atoms with Crippen molar-refractivity contribution in [3.63, 3.8) is 0 Å². The molecular weight excluding hydrogens is 500 g/mol. The Hall–Kier alpha value is -2.71. The van der Waals surface area contributed by atoms with E-state index in [1.54, 1.807) is 0 Å². The summed E-state index contributed by atoms with van der Waals surface area (Å²) in [4.78, 5) is 12.6. The molecule has 0 aliphatic heterocycles. The van der Waals surface area contributed by atoms with Crippen LogP contribution in [0.15, 0.2) is 42.5 Å². The van der Waals surface area contributed by atoms with E-state index in [4.69, 9.17) is 23.2 Å². The maximum absolute atomic E-state index is 13.0. The molecule has 0 saturated heterocycles. The quantitative estimate of drug-likeness (QED) is 0.321. The van der Waals surface area contributed by atoms with Crippen LogP contribution in [0.25, 0.3) is 11.1 Å². The number of carbonyl (C=O) groups is 1. The monoisotopic (exact) mass is 524 g/mol. The average Bonchev–Trinajstić information content (AvgIpc) is 3.19. The highest BCUT2D eigenvalue weighted by atomic mass is 35.5. The number of nitrogens with zero attached hydrogens (tertiary/aromatic N) is 1. The first-order valence-corrected chi connectivity index (χ1v) is 12.1.